The average Bonchev–Trinajstić information content (AvgIpc) is 2.93. The van der Waals surface area contributed by atoms with Gasteiger partial charge in [-0.25, -0.2) is 4.39 Å². The van der Waals surface area contributed by atoms with E-state index >= 15 is 0 Å². The van der Waals surface area contributed by atoms with Crippen LogP contribution in [-0.4, -0.2) is 4.98 Å². The zero-order valence-corrected chi connectivity index (χ0v) is 13.3. The minimum absolute atomic E-state index is 0.181. The number of hydrogen-bond donors (Lipinski definition) is 2. The van der Waals surface area contributed by atoms with Crippen LogP contribution in [0.1, 0.15) is 41.3 Å². The highest BCUT2D eigenvalue weighted by Crippen LogP contribution is 2.35. The number of rotatable bonds is 3. The normalized spacial score (nSPS) is 17.4. The Morgan fingerprint density at radius 3 is 2.83 bits per heavy atom. The molecule has 1 aromatic heterocycles. The van der Waals surface area contributed by atoms with Crippen molar-refractivity contribution in [3.8, 4) is 0 Å². The molecule has 0 spiro atoms. The van der Waals surface area contributed by atoms with Crippen LogP contribution in [0, 0.1) is 12.7 Å². The molecule has 0 aliphatic heterocycles. The highest BCUT2D eigenvalue weighted by Gasteiger charge is 2.23. The fraction of sp³-hybridized carbons (Fsp3) is 0.300. The molecule has 3 aromatic rings. The summed E-state index contributed by atoms with van der Waals surface area (Å²) in [5.74, 6) is -0.181. The van der Waals surface area contributed by atoms with E-state index in [-0.39, 0.29) is 5.82 Å². The lowest BCUT2D eigenvalue weighted by Gasteiger charge is -2.24. The molecule has 1 aliphatic carbocycles. The van der Waals surface area contributed by atoms with E-state index in [1.54, 1.807) is 0 Å². The zero-order valence-electron chi connectivity index (χ0n) is 13.3. The standard InChI is InChI=1S/C20H21FN2/c1-13-5-10-18-17(11-13)16-3-2-4-19(20(16)23-18)22-12-14-6-8-15(21)9-7-14/h5-11,19,22-23H,2-4,12H2,1H3. The third kappa shape index (κ3) is 2.77. The van der Waals surface area contributed by atoms with Gasteiger partial charge in [0.2, 0.25) is 0 Å². The molecule has 0 saturated heterocycles. The first-order valence-electron chi connectivity index (χ1n) is 8.29. The molecule has 2 N–H and O–H groups in total. The van der Waals surface area contributed by atoms with Gasteiger partial charge in [0.15, 0.2) is 0 Å². The Kier molecular flexibility index (Phi) is 3.66. The van der Waals surface area contributed by atoms with E-state index in [1.807, 2.05) is 12.1 Å². The molecule has 0 amide bonds. The molecule has 0 saturated carbocycles. The van der Waals surface area contributed by atoms with Gasteiger partial charge < -0.3 is 10.3 Å². The monoisotopic (exact) mass is 308 g/mol. The maximum atomic E-state index is 13.0. The van der Waals surface area contributed by atoms with Crippen LogP contribution in [-0.2, 0) is 13.0 Å². The molecule has 1 aliphatic rings. The zero-order chi connectivity index (χ0) is 15.8. The summed E-state index contributed by atoms with van der Waals surface area (Å²) in [6, 6.07) is 13.7. The molecule has 1 unspecified atom stereocenters. The maximum Gasteiger partial charge on any atom is 0.123 e. The lowest BCUT2D eigenvalue weighted by atomic mass is 9.91. The van der Waals surface area contributed by atoms with Crippen molar-refractivity contribution in [2.75, 3.05) is 0 Å². The fourth-order valence-electron chi connectivity index (χ4n) is 3.62. The van der Waals surface area contributed by atoms with Crippen molar-refractivity contribution in [2.45, 2.75) is 38.8 Å². The highest BCUT2D eigenvalue weighted by molar-refractivity contribution is 5.85. The van der Waals surface area contributed by atoms with E-state index in [9.17, 15) is 4.39 Å². The van der Waals surface area contributed by atoms with Crippen LogP contribution in [0.4, 0.5) is 4.39 Å². The van der Waals surface area contributed by atoms with Crippen LogP contribution < -0.4 is 5.32 Å². The molecule has 4 rings (SSSR count). The van der Waals surface area contributed by atoms with Gasteiger partial charge in [-0.2, -0.15) is 0 Å². The lowest BCUT2D eigenvalue weighted by Crippen LogP contribution is -2.24. The van der Waals surface area contributed by atoms with Gasteiger partial charge in [0.1, 0.15) is 5.82 Å². The average molecular weight is 308 g/mol. The molecule has 0 radical (unpaired) electrons. The second-order valence-corrected chi connectivity index (χ2v) is 6.52. The molecule has 0 fully saturated rings. The minimum atomic E-state index is -0.181. The molecule has 0 bridgehead atoms. The summed E-state index contributed by atoms with van der Waals surface area (Å²) in [5.41, 5.74) is 6.45. The van der Waals surface area contributed by atoms with E-state index in [0.29, 0.717) is 6.04 Å². The van der Waals surface area contributed by atoms with Crippen molar-refractivity contribution in [3.05, 3.63) is 70.7 Å². The quantitative estimate of drug-likeness (QED) is 0.716. The highest BCUT2D eigenvalue weighted by atomic mass is 19.1. The van der Waals surface area contributed by atoms with E-state index in [4.69, 9.17) is 0 Å². The van der Waals surface area contributed by atoms with Crippen LogP contribution in [0.15, 0.2) is 42.5 Å². The Balaban J connectivity index is 1.60. The van der Waals surface area contributed by atoms with Gasteiger partial charge in [-0.1, -0.05) is 23.8 Å². The predicted molar refractivity (Wildman–Crippen MR) is 92.0 cm³/mol. The number of aromatic nitrogens is 1. The summed E-state index contributed by atoms with van der Waals surface area (Å²) in [7, 11) is 0. The molecule has 1 atom stereocenters. The first-order chi connectivity index (χ1) is 11.2. The number of H-pyrrole nitrogens is 1. The van der Waals surface area contributed by atoms with Crippen LogP contribution >= 0.6 is 0 Å². The van der Waals surface area contributed by atoms with Crippen molar-refractivity contribution in [3.63, 3.8) is 0 Å². The predicted octanol–water partition coefficient (Wildman–Crippen LogP) is 4.78. The van der Waals surface area contributed by atoms with E-state index < -0.39 is 0 Å². The van der Waals surface area contributed by atoms with Crippen molar-refractivity contribution in [1.82, 2.24) is 10.3 Å². The van der Waals surface area contributed by atoms with Crippen LogP contribution in [0.5, 0.6) is 0 Å². The van der Waals surface area contributed by atoms with E-state index in [0.717, 1.165) is 24.9 Å². The van der Waals surface area contributed by atoms with Gasteiger partial charge in [-0.15, -0.1) is 0 Å². The fourth-order valence-corrected chi connectivity index (χ4v) is 3.62. The number of halogens is 1. The van der Waals surface area contributed by atoms with Crippen molar-refractivity contribution >= 4 is 10.9 Å². The molecule has 3 heteroatoms. The van der Waals surface area contributed by atoms with Gasteiger partial charge in [-0.3, -0.25) is 0 Å². The Morgan fingerprint density at radius 2 is 2.00 bits per heavy atom. The minimum Gasteiger partial charge on any atom is -0.357 e. The van der Waals surface area contributed by atoms with Crippen molar-refractivity contribution in [2.24, 2.45) is 0 Å². The Morgan fingerprint density at radius 1 is 1.17 bits per heavy atom. The first kappa shape index (κ1) is 14.5. The van der Waals surface area contributed by atoms with Gasteiger partial charge >= 0.3 is 0 Å². The molecule has 2 aromatic carbocycles. The molecule has 118 valence electrons. The number of aryl methyl sites for hydroxylation is 2. The molecule has 23 heavy (non-hydrogen) atoms. The Bertz CT molecular complexity index is 833. The first-order valence-corrected chi connectivity index (χ1v) is 8.29. The Labute approximate surface area is 135 Å². The number of aromatic amines is 1. The van der Waals surface area contributed by atoms with Crippen molar-refractivity contribution < 1.29 is 4.39 Å². The Hall–Kier alpha value is -2.13. The largest absolute Gasteiger partial charge is 0.357 e. The van der Waals surface area contributed by atoms with Crippen LogP contribution in [0.25, 0.3) is 10.9 Å². The summed E-state index contributed by atoms with van der Waals surface area (Å²) in [5, 5.41) is 5.00. The van der Waals surface area contributed by atoms with Gasteiger partial charge in [0.05, 0.1) is 0 Å². The SMILES string of the molecule is Cc1ccc2[nH]c3c(c2c1)CCCC3NCc1ccc(F)cc1. The number of benzene rings is 2. The summed E-state index contributed by atoms with van der Waals surface area (Å²) >= 11 is 0. The third-order valence-corrected chi connectivity index (χ3v) is 4.83. The second-order valence-electron chi connectivity index (χ2n) is 6.52. The second kappa shape index (κ2) is 5.82. The third-order valence-electron chi connectivity index (χ3n) is 4.83. The number of fused-ring (bicyclic) bond motifs is 3. The van der Waals surface area contributed by atoms with Gasteiger partial charge in [0, 0.05) is 29.2 Å². The summed E-state index contributed by atoms with van der Waals surface area (Å²) < 4.78 is 13.0. The molecule has 1 heterocycles. The molecular formula is C20H21FN2. The summed E-state index contributed by atoms with van der Waals surface area (Å²) in [4.78, 5) is 3.62. The number of nitrogens with one attached hydrogen (secondary N) is 2. The summed E-state index contributed by atoms with van der Waals surface area (Å²) in [6.45, 7) is 2.91. The molecular weight excluding hydrogens is 287 g/mol. The van der Waals surface area contributed by atoms with Gasteiger partial charge in [-0.05, 0) is 61.6 Å². The maximum absolute atomic E-state index is 13.0. The lowest BCUT2D eigenvalue weighted by molar-refractivity contribution is 0.452. The van der Waals surface area contributed by atoms with Crippen LogP contribution in [0.2, 0.25) is 0 Å². The van der Waals surface area contributed by atoms with Gasteiger partial charge in [0.25, 0.3) is 0 Å². The van der Waals surface area contributed by atoms with Crippen LogP contribution in [0.3, 0.4) is 0 Å². The number of hydrogen-bond acceptors (Lipinski definition) is 1. The molecule has 2 nitrogen and oxygen atoms in total. The van der Waals surface area contributed by atoms with E-state index in [1.165, 1.54) is 46.3 Å². The van der Waals surface area contributed by atoms with Crippen molar-refractivity contribution in [1.29, 1.82) is 0 Å². The summed E-state index contributed by atoms with van der Waals surface area (Å²) in [6.07, 6.45) is 3.49. The van der Waals surface area contributed by atoms with E-state index in [2.05, 4.69) is 35.4 Å². The topological polar surface area (TPSA) is 27.8 Å². The smallest absolute Gasteiger partial charge is 0.123 e.